The summed E-state index contributed by atoms with van der Waals surface area (Å²) in [4.78, 5) is 5.03. The number of benzene rings is 2. The Balaban J connectivity index is 1.74. The summed E-state index contributed by atoms with van der Waals surface area (Å²) in [5.74, 6) is 0.308. The fourth-order valence-electron chi connectivity index (χ4n) is 5.22. The van der Waals surface area contributed by atoms with E-state index < -0.39 is 0 Å². The third-order valence-electron chi connectivity index (χ3n) is 6.64. The molecule has 1 aromatic heterocycles. The van der Waals surface area contributed by atoms with Crippen molar-refractivity contribution in [3.05, 3.63) is 71.4 Å². The van der Waals surface area contributed by atoms with Gasteiger partial charge in [0.05, 0.1) is 11.1 Å². The van der Waals surface area contributed by atoms with Crippen LogP contribution in [0.4, 0.5) is 0 Å². The van der Waals surface area contributed by atoms with Gasteiger partial charge in [0, 0.05) is 43.0 Å². The molecular weight excluding hydrogens is 336 g/mol. The standard InChI is InChI=1S/C23H24N2O2/c1-27-23-13-17-11-16-5-2-3-8-20(16)25-21(17)14-22(23,9-10-24-15-23)18-6-4-7-19(26)12-18/h2-8,11-12,24,26H,9-10,13-15H2,1H3/t22-,23-/m0/s1. The molecule has 5 rings (SSSR count). The molecule has 4 nitrogen and oxygen atoms in total. The van der Waals surface area contributed by atoms with Crippen LogP contribution in [-0.4, -0.2) is 35.9 Å². The number of phenols is 1. The molecule has 2 aliphatic rings. The Hall–Kier alpha value is -2.43. The number of nitrogens with zero attached hydrogens (tertiary/aromatic N) is 1. The fourth-order valence-corrected chi connectivity index (χ4v) is 5.22. The first kappa shape index (κ1) is 16.7. The van der Waals surface area contributed by atoms with Crippen LogP contribution in [0.1, 0.15) is 23.2 Å². The van der Waals surface area contributed by atoms with Gasteiger partial charge in [-0.2, -0.15) is 0 Å². The van der Waals surface area contributed by atoms with Crippen molar-refractivity contribution in [2.45, 2.75) is 30.3 Å². The summed E-state index contributed by atoms with van der Waals surface area (Å²) < 4.78 is 6.28. The molecule has 27 heavy (non-hydrogen) atoms. The van der Waals surface area contributed by atoms with Gasteiger partial charge in [-0.15, -0.1) is 0 Å². The lowest BCUT2D eigenvalue weighted by Crippen LogP contribution is -2.66. The van der Waals surface area contributed by atoms with E-state index >= 15 is 0 Å². The minimum absolute atomic E-state index is 0.200. The molecule has 1 aliphatic carbocycles. The van der Waals surface area contributed by atoms with Crippen LogP contribution < -0.4 is 5.32 Å². The van der Waals surface area contributed by atoms with Crippen molar-refractivity contribution in [2.75, 3.05) is 20.2 Å². The molecular formula is C23H24N2O2. The first-order valence-electron chi connectivity index (χ1n) is 9.59. The number of hydrogen-bond acceptors (Lipinski definition) is 4. The zero-order valence-electron chi connectivity index (χ0n) is 15.5. The molecule has 0 saturated carbocycles. The van der Waals surface area contributed by atoms with E-state index in [0.29, 0.717) is 5.75 Å². The molecule has 138 valence electrons. The molecule has 0 amide bonds. The Labute approximate surface area is 159 Å². The van der Waals surface area contributed by atoms with Crippen molar-refractivity contribution in [3.63, 3.8) is 0 Å². The third kappa shape index (κ3) is 2.40. The maximum absolute atomic E-state index is 10.2. The van der Waals surface area contributed by atoms with Gasteiger partial charge in [-0.1, -0.05) is 30.3 Å². The minimum Gasteiger partial charge on any atom is -0.508 e. The number of nitrogens with one attached hydrogen (secondary N) is 1. The molecule has 1 fully saturated rings. The molecule has 1 aliphatic heterocycles. The predicted octanol–water partition coefficient (Wildman–Crippen LogP) is 3.36. The molecule has 2 aromatic carbocycles. The third-order valence-corrected chi connectivity index (χ3v) is 6.64. The van der Waals surface area contributed by atoms with E-state index in [1.165, 1.54) is 10.9 Å². The van der Waals surface area contributed by atoms with E-state index in [-0.39, 0.29) is 11.0 Å². The number of ether oxygens (including phenoxy) is 1. The quantitative estimate of drug-likeness (QED) is 0.736. The second-order valence-corrected chi connectivity index (χ2v) is 7.90. The van der Waals surface area contributed by atoms with Crippen LogP contribution in [-0.2, 0) is 23.0 Å². The van der Waals surface area contributed by atoms with Crippen molar-refractivity contribution in [1.29, 1.82) is 0 Å². The van der Waals surface area contributed by atoms with Gasteiger partial charge in [0.2, 0.25) is 0 Å². The summed E-state index contributed by atoms with van der Waals surface area (Å²) in [6.45, 7) is 1.73. The number of rotatable bonds is 2. The molecule has 3 aromatic rings. The summed E-state index contributed by atoms with van der Waals surface area (Å²) in [7, 11) is 1.82. The maximum atomic E-state index is 10.2. The van der Waals surface area contributed by atoms with Crippen molar-refractivity contribution >= 4 is 10.9 Å². The van der Waals surface area contributed by atoms with Crippen molar-refractivity contribution in [2.24, 2.45) is 0 Å². The molecule has 2 N–H and O–H groups in total. The zero-order chi connectivity index (χ0) is 18.5. The number of aromatic hydroxyl groups is 1. The lowest BCUT2D eigenvalue weighted by molar-refractivity contribution is -0.0974. The highest BCUT2D eigenvalue weighted by molar-refractivity contribution is 5.79. The Bertz CT molecular complexity index is 1020. The van der Waals surface area contributed by atoms with Crippen LogP contribution in [0.3, 0.4) is 0 Å². The fraction of sp³-hybridized carbons (Fsp3) is 0.348. The highest BCUT2D eigenvalue weighted by atomic mass is 16.5. The van der Waals surface area contributed by atoms with E-state index in [4.69, 9.17) is 9.72 Å². The Kier molecular flexibility index (Phi) is 3.74. The lowest BCUT2D eigenvalue weighted by Gasteiger charge is -2.56. The molecule has 2 heterocycles. The topological polar surface area (TPSA) is 54.4 Å². The Morgan fingerprint density at radius 1 is 1.07 bits per heavy atom. The molecule has 0 bridgehead atoms. The second kappa shape index (κ2) is 6.04. The summed E-state index contributed by atoms with van der Waals surface area (Å²) in [5, 5.41) is 14.9. The van der Waals surface area contributed by atoms with Gasteiger partial charge in [0.15, 0.2) is 0 Å². The number of aromatic nitrogens is 1. The Morgan fingerprint density at radius 2 is 1.96 bits per heavy atom. The number of piperidine rings is 1. The number of fused-ring (bicyclic) bond motifs is 3. The summed E-state index contributed by atoms with van der Waals surface area (Å²) >= 11 is 0. The van der Waals surface area contributed by atoms with Crippen LogP contribution in [0.25, 0.3) is 10.9 Å². The molecule has 2 atom stereocenters. The van der Waals surface area contributed by atoms with Crippen molar-refractivity contribution < 1.29 is 9.84 Å². The van der Waals surface area contributed by atoms with Gasteiger partial charge >= 0.3 is 0 Å². The average Bonchev–Trinajstić information content (AvgIpc) is 2.70. The van der Waals surface area contributed by atoms with Crippen LogP contribution in [0, 0.1) is 0 Å². The number of phenolic OH excluding ortho intramolecular Hbond substituents is 1. The van der Waals surface area contributed by atoms with E-state index in [2.05, 4.69) is 35.6 Å². The van der Waals surface area contributed by atoms with Gasteiger partial charge < -0.3 is 15.2 Å². The number of pyridine rings is 1. The van der Waals surface area contributed by atoms with E-state index in [0.717, 1.165) is 49.1 Å². The van der Waals surface area contributed by atoms with E-state index in [1.807, 2.05) is 25.3 Å². The van der Waals surface area contributed by atoms with Gasteiger partial charge in [-0.3, -0.25) is 4.98 Å². The number of methoxy groups -OCH3 is 1. The first-order valence-corrected chi connectivity index (χ1v) is 9.59. The largest absolute Gasteiger partial charge is 0.508 e. The molecule has 0 radical (unpaired) electrons. The monoisotopic (exact) mass is 360 g/mol. The average molecular weight is 360 g/mol. The van der Waals surface area contributed by atoms with Crippen molar-refractivity contribution in [3.8, 4) is 5.75 Å². The van der Waals surface area contributed by atoms with Crippen LogP contribution in [0.2, 0.25) is 0 Å². The summed E-state index contributed by atoms with van der Waals surface area (Å²) in [6, 6.07) is 18.3. The van der Waals surface area contributed by atoms with Crippen LogP contribution >= 0.6 is 0 Å². The van der Waals surface area contributed by atoms with Crippen LogP contribution in [0.15, 0.2) is 54.6 Å². The SMILES string of the molecule is CO[C@@]12CNCC[C@@]1(c1cccc(O)c1)Cc1nc3ccccc3cc1C2. The van der Waals surface area contributed by atoms with Crippen molar-refractivity contribution in [1.82, 2.24) is 10.3 Å². The first-order chi connectivity index (χ1) is 13.2. The zero-order valence-corrected chi connectivity index (χ0v) is 15.5. The second-order valence-electron chi connectivity index (χ2n) is 7.90. The lowest BCUT2D eigenvalue weighted by atomic mass is 9.56. The van der Waals surface area contributed by atoms with Gasteiger partial charge in [-0.05, 0) is 48.4 Å². The Morgan fingerprint density at radius 3 is 2.81 bits per heavy atom. The normalized spacial score (nSPS) is 27.1. The van der Waals surface area contributed by atoms with Gasteiger partial charge in [0.25, 0.3) is 0 Å². The van der Waals surface area contributed by atoms with E-state index in [9.17, 15) is 5.11 Å². The number of hydrogen-bond donors (Lipinski definition) is 2. The predicted molar refractivity (Wildman–Crippen MR) is 106 cm³/mol. The summed E-state index contributed by atoms with van der Waals surface area (Å²) in [5.41, 5.74) is 4.07. The molecule has 1 saturated heterocycles. The highest BCUT2D eigenvalue weighted by Crippen LogP contribution is 2.50. The molecule has 0 spiro atoms. The van der Waals surface area contributed by atoms with Gasteiger partial charge in [-0.25, -0.2) is 0 Å². The smallest absolute Gasteiger partial charge is 0.115 e. The van der Waals surface area contributed by atoms with E-state index in [1.54, 1.807) is 6.07 Å². The maximum Gasteiger partial charge on any atom is 0.115 e. The molecule has 0 unspecified atom stereocenters. The highest BCUT2D eigenvalue weighted by Gasteiger charge is 2.57. The van der Waals surface area contributed by atoms with Gasteiger partial charge in [0.1, 0.15) is 5.75 Å². The minimum atomic E-state index is -0.351. The van der Waals surface area contributed by atoms with Crippen LogP contribution in [0.5, 0.6) is 5.75 Å². The number of para-hydroxylation sites is 1. The molecule has 4 heteroatoms. The summed E-state index contributed by atoms with van der Waals surface area (Å²) in [6.07, 6.45) is 2.60.